The highest BCUT2D eigenvalue weighted by atomic mass is 16.5. The molecule has 0 amide bonds. The molecule has 0 spiro atoms. The number of anilines is 1. The van der Waals surface area contributed by atoms with Gasteiger partial charge in [-0.3, -0.25) is 0 Å². The third-order valence-corrected chi connectivity index (χ3v) is 5.24. The molecule has 0 aliphatic carbocycles. The van der Waals surface area contributed by atoms with Gasteiger partial charge in [0.1, 0.15) is 0 Å². The van der Waals surface area contributed by atoms with Crippen molar-refractivity contribution in [2.45, 2.75) is 18.9 Å². The number of aromatic nitrogens is 3. The van der Waals surface area contributed by atoms with Crippen molar-refractivity contribution in [3.8, 4) is 11.6 Å². The summed E-state index contributed by atoms with van der Waals surface area (Å²) in [6, 6.07) is 10.4. The molecule has 1 saturated heterocycles. The summed E-state index contributed by atoms with van der Waals surface area (Å²) in [4.78, 5) is 13.7. The quantitative estimate of drug-likeness (QED) is 0.722. The van der Waals surface area contributed by atoms with Gasteiger partial charge in [0, 0.05) is 44.0 Å². The number of likely N-dealkylation sites (tertiary alicyclic amines) is 1. The molecule has 0 bridgehead atoms. The zero-order valence-electron chi connectivity index (χ0n) is 15.6. The van der Waals surface area contributed by atoms with Crippen LogP contribution in [0.15, 0.2) is 42.7 Å². The molecule has 0 saturated carbocycles. The lowest BCUT2D eigenvalue weighted by molar-refractivity contribution is 0.252. The van der Waals surface area contributed by atoms with Crippen molar-refractivity contribution in [1.82, 2.24) is 19.4 Å². The molecule has 1 fully saturated rings. The standard InChI is InChI=1S/C20H25N5O/c1-23-12-9-16(10-13-23)25(3)20-21-11-7-18(22-20)26-17-6-4-5-15-8-14-24(2)19(15)17/h4-8,11,14,16H,9-10,12-13H2,1-3H3. The Morgan fingerprint density at radius 2 is 1.92 bits per heavy atom. The molecule has 0 N–H and O–H groups in total. The molecular weight excluding hydrogens is 326 g/mol. The fourth-order valence-corrected chi connectivity index (χ4v) is 3.62. The van der Waals surface area contributed by atoms with E-state index in [0.29, 0.717) is 11.9 Å². The van der Waals surface area contributed by atoms with E-state index in [4.69, 9.17) is 4.74 Å². The maximum Gasteiger partial charge on any atom is 0.228 e. The number of rotatable bonds is 4. The van der Waals surface area contributed by atoms with Gasteiger partial charge in [-0.2, -0.15) is 4.98 Å². The largest absolute Gasteiger partial charge is 0.437 e. The predicted octanol–water partition coefficient (Wildman–Crippen LogP) is 3.29. The Hall–Kier alpha value is -2.60. The van der Waals surface area contributed by atoms with Gasteiger partial charge in [-0.25, -0.2) is 4.98 Å². The molecular formula is C20H25N5O. The first kappa shape index (κ1) is 16.8. The molecule has 4 rings (SSSR count). The Morgan fingerprint density at radius 3 is 2.73 bits per heavy atom. The van der Waals surface area contributed by atoms with Crippen LogP contribution in [0.1, 0.15) is 12.8 Å². The van der Waals surface area contributed by atoms with Crippen molar-refractivity contribution in [3.05, 3.63) is 42.7 Å². The molecule has 3 heterocycles. The van der Waals surface area contributed by atoms with E-state index in [2.05, 4.69) is 50.6 Å². The zero-order valence-corrected chi connectivity index (χ0v) is 15.6. The first-order valence-corrected chi connectivity index (χ1v) is 9.08. The molecule has 1 aromatic carbocycles. The zero-order chi connectivity index (χ0) is 18.1. The predicted molar refractivity (Wildman–Crippen MR) is 104 cm³/mol. The van der Waals surface area contributed by atoms with E-state index < -0.39 is 0 Å². The SMILES string of the molecule is CN1CCC(N(C)c2nccc(Oc3cccc4ccn(C)c34)n2)CC1. The highest BCUT2D eigenvalue weighted by molar-refractivity contribution is 5.86. The highest BCUT2D eigenvalue weighted by Crippen LogP contribution is 2.30. The number of piperidine rings is 1. The van der Waals surface area contributed by atoms with Crippen LogP contribution in [0.5, 0.6) is 11.6 Å². The van der Waals surface area contributed by atoms with Gasteiger partial charge in [-0.05, 0) is 45.1 Å². The average Bonchev–Trinajstić information content (AvgIpc) is 3.04. The number of benzene rings is 1. The van der Waals surface area contributed by atoms with Crippen LogP contribution in [0.2, 0.25) is 0 Å². The van der Waals surface area contributed by atoms with Gasteiger partial charge in [-0.15, -0.1) is 0 Å². The molecule has 0 unspecified atom stereocenters. The Labute approximate surface area is 154 Å². The van der Waals surface area contributed by atoms with Gasteiger partial charge in [0.2, 0.25) is 11.8 Å². The molecule has 1 aliphatic rings. The highest BCUT2D eigenvalue weighted by Gasteiger charge is 2.22. The number of hydrogen-bond acceptors (Lipinski definition) is 5. The van der Waals surface area contributed by atoms with Gasteiger partial charge in [0.25, 0.3) is 0 Å². The van der Waals surface area contributed by atoms with Gasteiger partial charge < -0.3 is 19.1 Å². The summed E-state index contributed by atoms with van der Waals surface area (Å²) < 4.78 is 8.19. The maximum atomic E-state index is 6.12. The van der Waals surface area contributed by atoms with Gasteiger partial charge in [-0.1, -0.05) is 12.1 Å². The van der Waals surface area contributed by atoms with E-state index in [1.54, 1.807) is 6.20 Å². The minimum absolute atomic E-state index is 0.470. The summed E-state index contributed by atoms with van der Waals surface area (Å²) in [5.74, 6) is 2.10. The number of hydrogen-bond donors (Lipinski definition) is 0. The van der Waals surface area contributed by atoms with Crippen LogP contribution < -0.4 is 9.64 Å². The normalized spacial score (nSPS) is 16.1. The fourth-order valence-electron chi connectivity index (χ4n) is 3.62. The van der Waals surface area contributed by atoms with Crippen LogP contribution in [0.4, 0.5) is 5.95 Å². The van der Waals surface area contributed by atoms with E-state index in [0.717, 1.165) is 48.5 Å². The van der Waals surface area contributed by atoms with Crippen molar-refractivity contribution in [2.75, 3.05) is 32.1 Å². The maximum absolute atomic E-state index is 6.12. The Morgan fingerprint density at radius 1 is 1.12 bits per heavy atom. The second-order valence-electron chi connectivity index (χ2n) is 7.06. The Balaban J connectivity index is 1.57. The third-order valence-electron chi connectivity index (χ3n) is 5.24. The summed E-state index contributed by atoms with van der Waals surface area (Å²) in [5.41, 5.74) is 1.07. The monoisotopic (exact) mass is 351 g/mol. The summed E-state index contributed by atoms with van der Waals surface area (Å²) >= 11 is 0. The van der Waals surface area contributed by atoms with Crippen LogP contribution >= 0.6 is 0 Å². The second-order valence-corrected chi connectivity index (χ2v) is 7.06. The average molecular weight is 351 g/mol. The molecule has 1 aliphatic heterocycles. The first-order valence-electron chi connectivity index (χ1n) is 9.08. The first-order chi connectivity index (χ1) is 12.6. The second kappa shape index (κ2) is 6.96. The fraction of sp³-hybridized carbons (Fsp3) is 0.400. The van der Waals surface area contributed by atoms with Crippen LogP contribution in [0.25, 0.3) is 10.9 Å². The van der Waals surface area contributed by atoms with Gasteiger partial charge in [0.15, 0.2) is 5.75 Å². The number of ether oxygens (including phenoxy) is 1. The van der Waals surface area contributed by atoms with Crippen LogP contribution in [0.3, 0.4) is 0 Å². The van der Waals surface area contributed by atoms with E-state index in [-0.39, 0.29) is 0 Å². The van der Waals surface area contributed by atoms with Crippen LogP contribution in [-0.2, 0) is 7.05 Å². The van der Waals surface area contributed by atoms with E-state index in [9.17, 15) is 0 Å². The summed E-state index contributed by atoms with van der Waals surface area (Å²) in [6.07, 6.45) is 6.07. The Kier molecular flexibility index (Phi) is 4.51. The number of fused-ring (bicyclic) bond motifs is 1. The number of para-hydroxylation sites is 1. The molecule has 6 heteroatoms. The van der Waals surface area contributed by atoms with E-state index in [1.165, 1.54) is 0 Å². The molecule has 0 atom stereocenters. The lowest BCUT2D eigenvalue weighted by Crippen LogP contribution is -2.42. The topological polar surface area (TPSA) is 46.4 Å². The molecule has 6 nitrogen and oxygen atoms in total. The lowest BCUT2D eigenvalue weighted by Gasteiger charge is -2.35. The number of aryl methyl sites for hydroxylation is 1. The van der Waals surface area contributed by atoms with E-state index in [1.807, 2.05) is 31.4 Å². The van der Waals surface area contributed by atoms with Gasteiger partial charge in [0.05, 0.1) is 5.52 Å². The van der Waals surface area contributed by atoms with Crippen molar-refractivity contribution in [1.29, 1.82) is 0 Å². The van der Waals surface area contributed by atoms with Crippen molar-refractivity contribution < 1.29 is 4.74 Å². The molecule has 136 valence electrons. The van der Waals surface area contributed by atoms with Crippen LogP contribution in [0, 0.1) is 0 Å². The summed E-state index contributed by atoms with van der Waals surface area (Å²) in [7, 11) is 6.27. The van der Waals surface area contributed by atoms with Gasteiger partial charge >= 0.3 is 0 Å². The van der Waals surface area contributed by atoms with Crippen molar-refractivity contribution in [2.24, 2.45) is 7.05 Å². The third kappa shape index (κ3) is 3.24. The minimum atomic E-state index is 0.470. The lowest BCUT2D eigenvalue weighted by atomic mass is 10.0. The van der Waals surface area contributed by atoms with E-state index >= 15 is 0 Å². The molecule has 26 heavy (non-hydrogen) atoms. The Bertz CT molecular complexity index is 898. The molecule has 2 aromatic heterocycles. The van der Waals surface area contributed by atoms with Crippen LogP contribution in [-0.4, -0.2) is 52.7 Å². The smallest absolute Gasteiger partial charge is 0.228 e. The summed E-state index contributed by atoms with van der Waals surface area (Å²) in [6.45, 7) is 2.22. The molecule has 3 aromatic rings. The summed E-state index contributed by atoms with van der Waals surface area (Å²) in [5, 5.41) is 1.16. The number of nitrogens with zero attached hydrogens (tertiary/aromatic N) is 5. The van der Waals surface area contributed by atoms with Crippen molar-refractivity contribution >= 4 is 16.9 Å². The van der Waals surface area contributed by atoms with Crippen molar-refractivity contribution in [3.63, 3.8) is 0 Å². The minimum Gasteiger partial charge on any atom is -0.437 e. The molecule has 0 radical (unpaired) electrons.